The Balaban J connectivity index is 3.53. The highest BCUT2D eigenvalue weighted by molar-refractivity contribution is 5.20. The molecule has 62 valence electrons. The molecule has 1 N–H and O–H groups in total. The second kappa shape index (κ2) is 3.07. The first kappa shape index (κ1) is 8.30. The van der Waals surface area contributed by atoms with Crippen LogP contribution in [0.15, 0.2) is 28.1 Å². The van der Waals surface area contributed by atoms with E-state index in [0.717, 1.165) is 0 Å². The SMILES string of the molecule is C=C=Cn1cc(C)c(=O)[nH]c1=O. The molecular weight excluding hydrogens is 156 g/mol. The van der Waals surface area contributed by atoms with Crippen LogP contribution in [-0.2, 0) is 0 Å². The number of hydrogen-bond donors (Lipinski definition) is 1. The van der Waals surface area contributed by atoms with Crippen LogP contribution in [-0.4, -0.2) is 9.55 Å². The van der Waals surface area contributed by atoms with Gasteiger partial charge in [-0.1, -0.05) is 6.58 Å². The maximum Gasteiger partial charge on any atom is 0.332 e. The molecule has 0 aliphatic rings. The number of H-pyrrole nitrogens is 1. The zero-order valence-corrected chi connectivity index (χ0v) is 6.63. The fourth-order valence-electron chi connectivity index (χ4n) is 0.780. The molecule has 12 heavy (non-hydrogen) atoms. The van der Waals surface area contributed by atoms with Crippen molar-refractivity contribution in [2.45, 2.75) is 6.92 Å². The van der Waals surface area contributed by atoms with E-state index in [4.69, 9.17) is 0 Å². The van der Waals surface area contributed by atoms with E-state index in [-0.39, 0.29) is 5.56 Å². The van der Waals surface area contributed by atoms with Gasteiger partial charge in [-0.15, -0.1) is 5.73 Å². The van der Waals surface area contributed by atoms with Gasteiger partial charge in [0.2, 0.25) is 0 Å². The topological polar surface area (TPSA) is 54.9 Å². The molecule has 1 aromatic rings. The van der Waals surface area contributed by atoms with Gasteiger partial charge in [0.25, 0.3) is 5.56 Å². The Bertz CT molecular complexity index is 447. The molecule has 0 amide bonds. The minimum absolute atomic E-state index is 0.367. The average molecular weight is 164 g/mol. The largest absolute Gasteiger partial charge is 0.332 e. The molecule has 4 heteroatoms. The lowest BCUT2D eigenvalue weighted by Crippen LogP contribution is -2.28. The van der Waals surface area contributed by atoms with Gasteiger partial charge in [0.15, 0.2) is 0 Å². The molecule has 0 unspecified atom stereocenters. The third kappa shape index (κ3) is 1.44. The lowest BCUT2D eigenvalue weighted by molar-refractivity contribution is 0.918. The van der Waals surface area contributed by atoms with Crippen molar-refractivity contribution in [3.8, 4) is 0 Å². The fourth-order valence-corrected chi connectivity index (χ4v) is 0.780. The summed E-state index contributed by atoms with van der Waals surface area (Å²) in [5, 5.41) is 0. The second-order valence-corrected chi connectivity index (χ2v) is 2.31. The monoisotopic (exact) mass is 164 g/mol. The molecule has 0 saturated heterocycles. The summed E-state index contributed by atoms with van der Waals surface area (Å²) in [5.41, 5.74) is 2.06. The van der Waals surface area contributed by atoms with Gasteiger partial charge in [0.1, 0.15) is 0 Å². The van der Waals surface area contributed by atoms with Gasteiger partial charge >= 0.3 is 5.69 Å². The van der Waals surface area contributed by atoms with Crippen LogP contribution in [0.2, 0.25) is 0 Å². The second-order valence-electron chi connectivity index (χ2n) is 2.31. The van der Waals surface area contributed by atoms with Crippen molar-refractivity contribution in [1.82, 2.24) is 9.55 Å². The lowest BCUT2D eigenvalue weighted by Gasteiger charge is -1.95. The van der Waals surface area contributed by atoms with Crippen molar-refractivity contribution in [2.24, 2.45) is 0 Å². The Morgan fingerprint density at radius 2 is 2.33 bits per heavy atom. The van der Waals surface area contributed by atoms with Crippen LogP contribution in [0.3, 0.4) is 0 Å². The summed E-state index contributed by atoms with van der Waals surface area (Å²) in [6.07, 6.45) is 2.78. The van der Waals surface area contributed by atoms with E-state index in [0.29, 0.717) is 5.56 Å². The van der Waals surface area contributed by atoms with E-state index >= 15 is 0 Å². The first-order chi connectivity index (χ1) is 5.65. The summed E-state index contributed by atoms with van der Waals surface area (Å²) in [5.74, 6) is 0. The van der Waals surface area contributed by atoms with Crippen LogP contribution >= 0.6 is 0 Å². The van der Waals surface area contributed by atoms with Gasteiger partial charge in [0, 0.05) is 11.8 Å². The molecule has 1 aromatic heterocycles. The zero-order chi connectivity index (χ0) is 9.14. The molecule has 0 aliphatic carbocycles. The molecule has 0 atom stereocenters. The normalized spacial score (nSPS) is 9.08. The third-order valence-electron chi connectivity index (χ3n) is 1.38. The molecule has 1 heterocycles. The highest BCUT2D eigenvalue weighted by Crippen LogP contribution is 1.82. The molecule has 0 spiro atoms. The van der Waals surface area contributed by atoms with E-state index < -0.39 is 5.69 Å². The summed E-state index contributed by atoms with van der Waals surface area (Å²) in [6.45, 7) is 4.93. The van der Waals surface area contributed by atoms with Crippen LogP contribution in [0.25, 0.3) is 6.20 Å². The third-order valence-corrected chi connectivity index (χ3v) is 1.38. The predicted molar refractivity (Wildman–Crippen MR) is 46.0 cm³/mol. The number of aryl methyl sites for hydroxylation is 1. The number of rotatable bonds is 1. The number of hydrogen-bond acceptors (Lipinski definition) is 2. The molecule has 0 aliphatic heterocycles. The van der Waals surface area contributed by atoms with E-state index in [1.54, 1.807) is 6.92 Å². The standard InChI is InChI=1S/C8H8N2O2/c1-3-4-10-5-6(2)7(11)9-8(10)12/h4-5H,1H2,2H3,(H,9,11,12). The minimum atomic E-state index is -0.484. The van der Waals surface area contributed by atoms with Gasteiger partial charge in [-0.3, -0.25) is 14.3 Å². The lowest BCUT2D eigenvalue weighted by atomic mass is 10.4. The summed E-state index contributed by atoms with van der Waals surface area (Å²) in [6, 6.07) is 0. The Hall–Kier alpha value is -1.80. The first-order valence-electron chi connectivity index (χ1n) is 3.33. The van der Waals surface area contributed by atoms with Gasteiger partial charge in [0.05, 0.1) is 6.20 Å². The van der Waals surface area contributed by atoms with Crippen LogP contribution in [0, 0.1) is 6.92 Å². The van der Waals surface area contributed by atoms with Gasteiger partial charge < -0.3 is 0 Å². The highest BCUT2D eigenvalue weighted by atomic mass is 16.2. The molecule has 0 saturated carbocycles. The quantitative estimate of drug-likeness (QED) is 0.598. The van der Waals surface area contributed by atoms with Crippen LogP contribution in [0.1, 0.15) is 5.56 Å². The van der Waals surface area contributed by atoms with Gasteiger partial charge in [-0.25, -0.2) is 4.79 Å². The molecule has 0 bridgehead atoms. The Labute approximate surface area is 68.5 Å². The Morgan fingerprint density at radius 3 is 2.92 bits per heavy atom. The number of nitrogens with one attached hydrogen (secondary N) is 1. The first-order valence-corrected chi connectivity index (χ1v) is 3.33. The van der Waals surface area contributed by atoms with E-state index in [1.165, 1.54) is 17.0 Å². The van der Waals surface area contributed by atoms with Gasteiger partial charge in [-0.05, 0) is 6.92 Å². The predicted octanol–water partition coefficient (Wildman–Crippen LogP) is 0.101. The summed E-state index contributed by atoms with van der Waals surface area (Å²) >= 11 is 0. The number of nitrogens with zero attached hydrogens (tertiary/aromatic N) is 1. The highest BCUT2D eigenvalue weighted by Gasteiger charge is 1.95. The van der Waals surface area contributed by atoms with Crippen molar-refractivity contribution in [3.63, 3.8) is 0 Å². The average Bonchev–Trinajstić information content (AvgIpc) is 2.01. The van der Waals surface area contributed by atoms with E-state index in [2.05, 4.69) is 17.3 Å². The molecular formula is C8H8N2O2. The van der Waals surface area contributed by atoms with Crippen molar-refractivity contribution < 1.29 is 0 Å². The van der Waals surface area contributed by atoms with Crippen molar-refractivity contribution >= 4 is 6.20 Å². The van der Waals surface area contributed by atoms with Crippen LogP contribution in [0.5, 0.6) is 0 Å². The van der Waals surface area contributed by atoms with Crippen molar-refractivity contribution in [1.29, 1.82) is 0 Å². The van der Waals surface area contributed by atoms with Crippen molar-refractivity contribution in [3.05, 3.63) is 44.9 Å². The van der Waals surface area contributed by atoms with Crippen LogP contribution in [0.4, 0.5) is 0 Å². The van der Waals surface area contributed by atoms with Crippen molar-refractivity contribution in [2.75, 3.05) is 0 Å². The van der Waals surface area contributed by atoms with E-state index in [1.807, 2.05) is 0 Å². The smallest absolute Gasteiger partial charge is 0.273 e. The molecule has 4 nitrogen and oxygen atoms in total. The summed E-state index contributed by atoms with van der Waals surface area (Å²) < 4.78 is 1.21. The Kier molecular flexibility index (Phi) is 2.12. The van der Waals surface area contributed by atoms with Gasteiger partial charge in [-0.2, -0.15) is 0 Å². The number of aromatic nitrogens is 2. The maximum atomic E-state index is 11.0. The molecule has 0 aromatic carbocycles. The Morgan fingerprint density at radius 1 is 1.67 bits per heavy atom. The molecule has 1 rings (SSSR count). The fraction of sp³-hybridized carbons (Fsp3) is 0.125. The molecule has 0 radical (unpaired) electrons. The molecule has 0 fully saturated rings. The summed E-state index contributed by atoms with van der Waals surface area (Å²) in [7, 11) is 0. The van der Waals surface area contributed by atoms with E-state index in [9.17, 15) is 9.59 Å². The van der Waals surface area contributed by atoms with Crippen LogP contribution < -0.4 is 11.2 Å². The number of aromatic amines is 1. The summed E-state index contributed by atoms with van der Waals surface area (Å²) in [4.78, 5) is 24.0. The zero-order valence-electron chi connectivity index (χ0n) is 6.63. The maximum absolute atomic E-state index is 11.0. The minimum Gasteiger partial charge on any atom is -0.273 e.